The molecule has 0 unspecified atom stereocenters. The summed E-state index contributed by atoms with van der Waals surface area (Å²) >= 11 is 0. The Morgan fingerprint density at radius 3 is 2.25 bits per heavy atom. The molecule has 2 rings (SSSR count). The Morgan fingerprint density at radius 2 is 1.83 bits per heavy atom. The molecule has 2 atom stereocenters. The summed E-state index contributed by atoms with van der Waals surface area (Å²) in [5.74, 6) is 0.468. The van der Waals surface area contributed by atoms with Gasteiger partial charge < -0.3 is 4.90 Å². The van der Waals surface area contributed by atoms with Crippen LogP contribution in [-0.2, 0) is 9.59 Å². The van der Waals surface area contributed by atoms with Crippen LogP contribution in [-0.4, -0.2) is 28.7 Å². The van der Waals surface area contributed by atoms with Gasteiger partial charge in [-0.3, -0.25) is 9.59 Å². The van der Waals surface area contributed by atoms with Gasteiger partial charge in [-0.1, -0.05) is 0 Å². The molecule has 0 aliphatic carbocycles. The van der Waals surface area contributed by atoms with E-state index < -0.39 is 0 Å². The van der Waals surface area contributed by atoms with E-state index in [4.69, 9.17) is 0 Å². The van der Waals surface area contributed by atoms with Crippen LogP contribution in [0.3, 0.4) is 0 Å². The normalized spacial score (nSPS) is 34.1. The van der Waals surface area contributed by atoms with Gasteiger partial charge in [0.25, 0.3) is 0 Å². The second-order valence-corrected chi connectivity index (χ2v) is 3.76. The molecule has 2 bridgehead atoms. The molecule has 0 aromatic heterocycles. The minimum atomic E-state index is 0.134. The van der Waals surface area contributed by atoms with E-state index in [-0.39, 0.29) is 18.0 Å². The molecule has 12 heavy (non-hydrogen) atoms. The first-order valence-corrected chi connectivity index (χ1v) is 4.49. The summed E-state index contributed by atoms with van der Waals surface area (Å²) in [6.07, 6.45) is 3.23. The van der Waals surface area contributed by atoms with E-state index in [0.717, 1.165) is 12.8 Å². The molecule has 0 saturated carbocycles. The topological polar surface area (TPSA) is 37.4 Å². The first-order valence-electron chi connectivity index (χ1n) is 4.49. The first-order chi connectivity index (χ1) is 5.68. The van der Waals surface area contributed by atoms with Crippen molar-refractivity contribution in [2.45, 2.75) is 44.7 Å². The smallest absolute Gasteiger partial charge is 0.219 e. The highest BCUT2D eigenvalue weighted by molar-refractivity contribution is 5.84. The third-order valence-corrected chi connectivity index (χ3v) is 2.91. The molecule has 1 amide bonds. The molecule has 66 valence electrons. The molecule has 2 saturated heterocycles. The van der Waals surface area contributed by atoms with Crippen molar-refractivity contribution in [3.05, 3.63) is 0 Å². The summed E-state index contributed by atoms with van der Waals surface area (Å²) in [6.45, 7) is 1.60. The van der Waals surface area contributed by atoms with Gasteiger partial charge >= 0.3 is 0 Å². The highest BCUT2D eigenvalue weighted by atomic mass is 16.2. The standard InChI is InChI=1S/C9H13NO2/c1-6(11)10-7-2-3-8(10)5-9(12)4-7/h7-8H,2-5H2,1H3/t7-,8-/m0/s1. The zero-order valence-electron chi connectivity index (χ0n) is 7.25. The van der Waals surface area contributed by atoms with Crippen molar-refractivity contribution in [1.82, 2.24) is 4.90 Å². The lowest BCUT2D eigenvalue weighted by Crippen LogP contribution is -2.45. The Morgan fingerprint density at radius 1 is 1.33 bits per heavy atom. The molecule has 3 heteroatoms. The zero-order valence-corrected chi connectivity index (χ0v) is 7.25. The fourth-order valence-electron chi connectivity index (χ4n) is 2.49. The number of fused-ring (bicyclic) bond motifs is 2. The summed E-state index contributed by atoms with van der Waals surface area (Å²) in [4.78, 5) is 24.2. The maximum atomic E-state index is 11.2. The number of Topliss-reactive ketones (excluding diaryl/α,β-unsaturated/α-hetero) is 1. The average molecular weight is 167 g/mol. The molecule has 0 aromatic carbocycles. The van der Waals surface area contributed by atoms with Crippen molar-refractivity contribution in [2.24, 2.45) is 0 Å². The average Bonchev–Trinajstić information content (AvgIpc) is 2.24. The number of nitrogens with zero attached hydrogens (tertiary/aromatic N) is 1. The minimum absolute atomic E-state index is 0.134. The van der Waals surface area contributed by atoms with Gasteiger partial charge in [0.2, 0.25) is 5.91 Å². The van der Waals surface area contributed by atoms with E-state index in [1.165, 1.54) is 0 Å². The second kappa shape index (κ2) is 2.57. The molecule has 0 N–H and O–H groups in total. The quantitative estimate of drug-likeness (QED) is 0.533. The maximum Gasteiger partial charge on any atom is 0.219 e. The van der Waals surface area contributed by atoms with Crippen molar-refractivity contribution in [1.29, 1.82) is 0 Å². The Bertz CT molecular complexity index is 221. The van der Waals surface area contributed by atoms with E-state index in [1.807, 2.05) is 4.90 Å². The van der Waals surface area contributed by atoms with Crippen molar-refractivity contribution in [2.75, 3.05) is 0 Å². The number of ketones is 1. The van der Waals surface area contributed by atoms with Gasteiger partial charge in [-0.2, -0.15) is 0 Å². The fraction of sp³-hybridized carbons (Fsp3) is 0.778. The van der Waals surface area contributed by atoms with Crippen molar-refractivity contribution in [3.63, 3.8) is 0 Å². The number of hydrogen-bond donors (Lipinski definition) is 0. The van der Waals surface area contributed by atoms with Crippen LogP contribution in [0.2, 0.25) is 0 Å². The Labute approximate surface area is 71.7 Å². The van der Waals surface area contributed by atoms with Gasteiger partial charge in [0.05, 0.1) is 0 Å². The number of rotatable bonds is 0. The van der Waals surface area contributed by atoms with E-state index in [0.29, 0.717) is 18.6 Å². The van der Waals surface area contributed by atoms with Crippen LogP contribution in [0.25, 0.3) is 0 Å². The number of hydrogen-bond acceptors (Lipinski definition) is 2. The second-order valence-electron chi connectivity index (χ2n) is 3.76. The van der Waals surface area contributed by atoms with E-state index in [1.54, 1.807) is 6.92 Å². The molecule has 0 aromatic rings. The Kier molecular flexibility index (Phi) is 1.67. The highest BCUT2D eigenvalue weighted by Crippen LogP contribution is 2.33. The number of carbonyl (C=O) groups excluding carboxylic acids is 2. The van der Waals surface area contributed by atoms with Gasteiger partial charge in [0.15, 0.2) is 0 Å². The van der Waals surface area contributed by atoms with Crippen molar-refractivity contribution < 1.29 is 9.59 Å². The van der Waals surface area contributed by atoms with Crippen LogP contribution in [0.5, 0.6) is 0 Å². The lowest BCUT2D eigenvalue weighted by Gasteiger charge is -2.33. The molecule has 2 aliphatic heterocycles. The predicted octanol–water partition coefficient (Wildman–Crippen LogP) is 0.729. The lowest BCUT2D eigenvalue weighted by molar-refractivity contribution is -0.136. The molecular formula is C9H13NO2. The van der Waals surface area contributed by atoms with E-state index in [9.17, 15) is 9.59 Å². The summed E-state index contributed by atoms with van der Waals surface area (Å²) in [5, 5.41) is 0. The third-order valence-electron chi connectivity index (χ3n) is 2.91. The minimum Gasteiger partial charge on any atom is -0.336 e. The molecule has 0 radical (unpaired) electrons. The van der Waals surface area contributed by atoms with Gasteiger partial charge in [0.1, 0.15) is 5.78 Å². The molecule has 3 nitrogen and oxygen atoms in total. The highest BCUT2D eigenvalue weighted by Gasteiger charge is 2.41. The van der Waals surface area contributed by atoms with Gasteiger partial charge in [-0.15, -0.1) is 0 Å². The van der Waals surface area contributed by atoms with Crippen LogP contribution in [0.1, 0.15) is 32.6 Å². The molecule has 2 aliphatic rings. The maximum absolute atomic E-state index is 11.2. The number of piperidine rings is 1. The van der Waals surface area contributed by atoms with Gasteiger partial charge in [-0.05, 0) is 12.8 Å². The van der Waals surface area contributed by atoms with Crippen molar-refractivity contribution in [3.8, 4) is 0 Å². The third kappa shape index (κ3) is 1.04. The van der Waals surface area contributed by atoms with E-state index in [2.05, 4.69) is 0 Å². The lowest BCUT2D eigenvalue weighted by atomic mass is 10.0. The largest absolute Gasteiger partial charge is 0.336 e. The SMILES string of the molecule is CC(=O)N1[C@H]2CC[C@H]1CC(=O)C2. The van der Waals surface area contributed by atoms with Crippen LogP contribution in [0.4, 0.5) is 0 Å². The Balaban J connectivity index is 2.19. The zero-order chi connectivity index (χ0) is 8.72. The molecule has 2 heterocycles. The summed E-state index contributed by atoms with van der Waals surface area (Å²) in [7, 11) is 0. The van der Waals surface area contributed by atoms with Gasteiger partial charge in [0, 0.05) is 31.8 Å². The van der Waals surface area contributed by atoms with Crippen LogP contribution in [0.15, 0.2) is 0 Å². The van der Waals surface area contributed by atoms with E-state index >= 15 is 0 Å². The van der Waals surface area contributed by atoms with Crippen LogP contribution >= 0.6 is 0 Å². The summed E-state index contributed by atoms with van der Waals surface area (Å²) < 4.78 is 0. The summed E-state index contributed by atoms with van der Waals surface area (Å²) in [6, 6.07) is 0.461. The van der Waals surface area contributed by atoms with Crippen LogP contribution < -0.4 is 0 Å². The predicted molar refractivity (Wildman–Crippen MR) is 43.6 cm³/mol. The fourth-order valence-corrected chi connectivity index (χ4v) is 2.49. The monoisotopic (exact) mass is 167 g/mol. The van der Waals surface area contributed by atoms with Gasteiger partial charge in [-0.25, -0.2) is 0 Å². The molecular weight excluding hydrogens is 154 g/mol. The van der Waals surface area contributed by atoms with Crippen LogP contribution in [0, 0.1) is 0 Å². The first kappa shape index (κ1) is 7.77. The summed E-state index contributed by atoms with van der Waals surface area (Å²) in [5.41, 5.74) is 0. The number of carbonyl (C=O) groups is 2. The molecule has 2 fully saturated rings. The van der Waals surface area contributed by atoms with Crippen molar-refractivity contribution >= 4 is 11.7 Å². The molecule has 0 spiro atoms. The number of amides is 1. The Hall–Kier alpha value is -0.860.